The van der Waals surface area contributed by atoms with E-state index in [0.717, 1.165) is 27.8 Å². The van der Waals surface area contributed by atoms with Crippen molar-refractivity contribution in [1.29, 1.82) is 0 Å². The maximum atomic E-state index is 12.1. The minimum Gasteiger partial charge on any atom is -0.368 e. The van der Waals surface area contributed by atoms with Crippen molar-refractivity contribution in [2.45, 2.75) is 53.2 Å². The van der Waals surface area contributed by atoms with E-state index in [2.05, 4.69) is 30.0 Å². The first-order valence-corrected chi connectivity index (χ1v) is 9.00. The van der Waals surface area contributed by atoms with Crippen LogP contribution in [0, 0.1) is 20.8 Å². The lowest BCUT2D eigenvalue weighted by Crippen LogP contribution is -2.48. The Morgan fingerprint density at radius 1 is 1.12 bits per heavy atom. The molecule has 1 unspecified atom stereocenters. The first kappa shape index (κ1) is 18.3. The van der Waals surface area contributed by atoms with Gasteiger partial charge in [0.05, 0.1) is 6.04 Å². The van der Waals surface area contributed by atoms with Crippen molar-refractivity contribution < 1.29 is 9.59 Å². The molecule has 2 aromatic rings. The third-order valence-electron chi connectivity index (χ3n) is 5.52. The van der Waals surface area contributed by atoms with Gasteiger partial charge < -0.3 is 5.73 Å². The standard InChI is InChI=1S/C22H26N2O2/c1-13-9-14(2)21(16(4)25)15(3)19(13)12-24-11-18-8-6-5-7-17(18)10-20(24)22(23)26/h5-9,20H,10-12H2,1-4H3,(H2,23,26). The molecular weight excluding hydrogens is 324 g/mol. The Morgan fingerprint density at radius 2 is 1.77 bits per heavy atom. The number of nitrogens with zero attached hydrogens (tertiary/aromatic N) is 1. The van der Waals surface area contributed by atoms with Crippen LogP contribution in [-0.2, 0) is 24.3 Å². The highest BCUT2D eigenvalue weighted by Gasteiger charge is 2.30. The van der Waals surface area contributed by atoms with Crippen molar-refractivity contribution in [2.75, 3.05) is 0 Å². The summed E-state index contributed by atoms with van der Waals surface area (Å²) in [5, 5.41) is 0. The Balaban J connectivity index is 2.01. The number of Topliss-reactive ketones (excluding diaryl/α,β-unsaturated/α-hetero) is 1. The van der Waals surface area contributed by atoms with Crippen molar-refractivity contribution in [3.05, 3.63) is 69.3 Å². The van der Waals surface area contributed by atoms with Crippen molar-refractivity contribution in [2.24, 2.45) is 5.73 Å². The quantitative estimate of drug-likeness (QED) is 0.861. The first-order chi connectivity index (χ1) is 12.3. The van der Waals surface area contributed by atoms with Crippen molar-refractivity contribution >= 4 is 11.7 Å². The van der Waals surface area contributed by atoms with Crippen molar-refractivity contribution in [3.8, 4) is 0 Å². The Labute approximate surface area is 155 Å². The summed E-state index contributed by atoms with van der Waals surface area (Å²) in [7, 11) is 0. The van der Waals surface area contributed by atoms with Crippen LogP contribution in [0.4, 0.5) is 0 Å². The van der Waals surface area contributed by atoms with Crippen molar-refractivity contribution in [1.82, 2.24) is 4.90 Å². The van der Waals surface area contributed by atoms with Gasteiger partial charge in [-0.2, -0.15) is 0 Å². The van der Waals surface area contributed by atoms with Crippen LogP contribution < -0.4 is 5.73 Å². The number of primary amides is 1. The topological polar surface area (TPSA) is 63.4 Å². The zero-order valence-electron chi connectivity index (χ0n) is 15.9. The first-order valence-electron chi connectivity index (χ1n) is 9.00. The number of benzene rings is 2. The van der Waals surface area contributed by atoms with E-state index < -0.39 is 0 Å². The predicted octanol–water partition coefficient (Wildman–Crippen LogP) is 3.23. The lowest BCUT2D eigenvalue weighted by Gasteiger charge is -2.36. The normalized spacial score (nSPS) is 17.0. The van der Waals surface area contributed by atoms with E-state index in [1.807, 2.05) is 26.0 Å². The number of hydrogen-bond donors (Lipinski definition) is 1. The third kappa shape index (κ3) is 3.29. The smallest absolute Gasteiger partial charge is 0.235 e. The molecular formula is C22H26N2O2. The number of carbonyl (C=O) groups is 2. The maximum Gasteiger partial charge on any atom is 0.235 e. The number of nitrogens with two attached hydrogens (primary N) is 1. The number of fused-ring (bicyclic) bond motifs is 1. The second kappa shape index (κ2) is 7.04. The minimum atomic E-state index is -0.328. The minimum absolute atomic E-state index is 0.0803. The fourth-order valence-corrected chi connectivity index (χ4v) is 4.24. The maximum absolute atomic E-state index is 12.1. The van der Waals surface area contributed by atoms with E-state index in [1.54, 1.807) is 6.92 Å². The molecule has 4 nitrogen and oxygen atoms in total. The molecule has 0 aliphatic carbocycles. The lowest BCUT2D eigenvalue weighted by molar-refractivity contribution is -0.124. The van der Waals surface area contributed by atoms with Crippen LogP contribution in [0.1, 0.15) is 50.7 Å². The van der Waals surface area contributed by atoms with E-state index in [0.29, 0.717) is 19.5 Å². The number of aryl methyl sites for hydroxylation is 2. The average Bonchev–Trinajstić information content (AvgIpc) is 2.57. The summed E-state index contributed by atoms with van der Waals surface area (Å²) in [4.78, 5) is 26.3. The SMILES string of the molecule is CC(=O)c1c(C)cc(C)c(CN2Cc3ccccc3CC2C(N)=O)c1C. The molecule has 3 rings (SSSR count). The molecule has 1 aliphatic rings. The Kier molecular flexibility index (Phi) is 4.97. The van der Waals surface area contributed by atoms with Gasteiger partial charge in [-0.15, -0.1) is 0 Å². The number of carbonyl (C=O) groups excluding carboxylic acids is 2. The van der Waals surface area contributed by atoms with E-state index in [9.17, 15) is 9.59 Å². The number of amides is 1. The van der Waals surface area contributed by atoms with Crippen molar-refractivity contribution in [3.63, 3.8) is 0 Å². The summed E-state index contributed by atoms with van der Waals surface area (Å²) in [5.41, 5.74) is 13.2. The predicted molar refractivity (Wildman–Crippen MR) is 103 cm³/mol. The average molecular weight is 350 g/mol. The summed E-state index contributed by atoms with van der Waals surface area (Å²) in [6.45, 7) is 8.95. The summed E-state index contributed by atoms with van der Waals surface area (Å²) in [6, 6.07) is 9.94. The van der Waals surface area contributed by atoms with Gasteiger partial charge in [0.15, 0.2) is 5.78 Å². The number of rotatable bonds is 4. The molecule has 1 heterocycles. The highest BCUT2D eigenvalue weighted by atomic mass is 16.1. The summed E-state index contributed by atoms with van der Waals surface area (Å²) in [5.74, 6) is -0.217. The fourth-order valence-electron chi connectivity index (χ4n) is 4.24. The van der Waals surface area contributed by atoms with Crippen LogP contribution in [0.3, 0.4) is 0 Å². The van der Waals surface area contributed by atoms with Crippen LogP contribution in [-0.4, -0.2) is 22.6 Å². The molecule has 1 aliphatic heterocycles. The van der Waals surface area contributed by atoms with Gasteiger partial charge in [-0.25, -0.2) is 0 Å². The molecule has 0 radical (unpaired) electrons. The van der Waals surface area contributed by atoms with E-state index >= 15 is 0 Å². The van der Waals surface area contributed by atoms with Crippen LogP contribution in [0.15, 0.2) is 30.3 Å². The van der Waals surface area contributed by atoms with Gasteiger partial charge >= 0.3 is 0 Å². The van der Waals surface area contributed by atoms with E-state index in [-0.39, 0.29) is 17.7 Å². The Bertz CT molecular complexity index is 886. The molecule has 0 saturated carbocycles. The highest BCUT2D eigenvalue weighted by Crippen LogP contribution is 2.29. The van der Waals surface area contributed by atoms with E-state index in [1.165, 1.54) is 11.1 Å². The molecule has 26 heavy (non-hydrogen) atoms. The molecule has 136 valence electrons. The van der Waals surface area contributed by atoms with Crippen LogP contribution in [0.25, 0.3) is 0 Å². The van der Waals surface area contributed by atoms with Crippen LogP contribution >= 0.6 is 0 Å². The molecule has 2 N–H and O–H groups in total. The lowest BCUT2D eigenvalue weighted by atomic mass is 9.89. The molecule has 2 aromatic carbocycles. The fraction of sp³-hybridized carbons (Fsp3) is 0.364. The largest absolute Gasteiger partial charge is 0.368 e. The Hall–Kier alpha value is -2.46. The second-order valence-corrected chi connectivity index (χ2v) is 7.34. The van der Waals surface area contributed by atoms with Gasteiger partial charge in [0.25, 0.3) is 0 Å². The van der Waals surface area contributed by atoms with Gasteiger partial charge in [-0.1, -0.05) is 30.3 Å². The number of ketones is 1. The summed E-state index contributed by atoms with van der Waals surface area (Å²) < 4.78 is 0. The second-order valence-electron chi connectivity index (χ2n) is 7.34. The molecule has 0 bridgehead atoms. The molecule has 1 atom stereocenters. The van der Waals surface area contributed by atoms with Gasteiger partial charge in [-0.3, -0.25) is 14.5 Å². The molecule has 4 heteroatoms. The number of hydrogen-bond acceptors (Lipinski definition) is 3. The zero-order chi connectivity index (χ0) is 19.0. The highest BCUT2D eigenvalue weighted by molar-refractivity contribution is 5.97. The summed E-state index contributed by atoms with van der Waals surface area (Å²) in [6.07, 6.45) is 0.634. The van der Waals surface area contributed by atoms with Crippen LogP contribution in [0.5, 0.6) is 0 Å². The zero-order valence-corrected chi connectivity index (χ0v) is 15.9. The van der Waals surface area contributed by atoms with Crippen LogP contribution in [0.2, 0.25) is 0 Å². The van der Waals surface area contributed by atoms with E-state index in [4.69, 9.17) is 5.73 Å². The molecule has 0 fully saturated rings. The Morgan fingerprint density at radius 3 is 2.38 bits per heavy atom. The summed E-state index contributed by atoms with van der Waals surface area (Å²) >= 11 is 0. The van der Waals surface area contributed by atoms with Gasteiger partial charge in [0, 0.05) is 18.7 Å². The molecule has 0 aromatic heterocycles. The third-order valence-corrected chi connectivity index (χ3v) is 5.52. The van der Waals surface area contributed by atoms with Gasteiger partial charge in [-0.05, 0) is 67.5 Å². The molecule has 1 amide bonds. The van der Waals surface area contributed by atoms with Gasteiger partial charge in [0.1, 0.15) is 0 Å². The van der Waals surface area contributed by atoms with Gasteiger partial charge in [0.2, 0.25) is 5.91 Å². The monoisotopic (exact) mass is 350 g/mol. The molecule has 0 spiro atoms. The molecule has 0 saturated heterocycles.